The fraction of sp³-hybridized carbons (Fsp3) is 0.571. The monoisotopic (exact) mass is 275 g/mol. The first-order valence-electron chi connectivity index (χ1n) is 6.30. The second-order valence-corrected chi connectivity index (χ2v) is 4.82. The van der Waals surface area contributed by atoms with Crippen LogP contribution in [-0.2, 0) is 0 Å². The van der Waals surface area contributed by atoms with Crippen molar-refractivity contribution in [2.75, 3.05) is 19.7 Å². The number of ether oxygens (including phenoxy) is 1. The van der Waals surface area contributed by atoms with Crippen LogP contribution in [0.4, 0.5) is 13.2 Å². The van der Waals surface area contributed by atoms with Gasteiger partial charge in [0.15, 0.2) is 0 Å². The quantitative estimate of drug-likeness (QED) is 0.800. The van der Waals surface area contributed by atoms with E-state index in [0.29, 0.717) is 5.92 Å². The van der Waals surface area contributed by atoms with E-state index in [4.69, 9.17) is 4.74 Å². The van der Waals surface area contributed by atoms with Gasteiger partial charge in [-0.3, -0.25) is 0 Å². The number of benzene rings is 1. The molecule has 19 heavy (non-hydrogen) atoms. The van der Waals surface area contributed by atoms with E-state index in [1.54, 1.807) is 0 Å². The van der Waals surface area contributed by atoms with Crippen LogP contribution in [-0.4, -0.2) is 25.9 Å². The average molecular weight is 275 g/mol. The fourth-order valence-electron chi connectivity index (χ4n) is 1.59. The molecule has 0 saturated carbocycles. The molecule has 0 bridgehead atoms. The number of hydrogen-bond donors (Lipinski definition) is 1. The van der Waals surface area contributed by atoms with Gasteiger partial charge in [-0.05, 0) is 30.0 Å². The molecule has 1 rings (SSSR count). The predicted octanol–water partition coefficient (Wildman–Crippen LogP) is 3.65. The first-order valence-corrected chi connectivity index (χ1v) is 6.30. The first kappa shape index (κ1) is 15.8. The SMILES string of the molecule is Cc1ccc(C(C)C)cc1OCCNCC(F)(F)F. The van der Waals surface area contributed by atoms with Gasteiger partial charge in [-0.25, -0.2) is 0 Å². The highest BCUT2D eigenvalue weighted by Crippen LogP contribution is 2.24. The normalized spacial score (nSPS) is 11.9. The maximum Gasteiger partial charge on any atom is 0.401 e. The molecule has 5 heteroatoms. The van der Waals surface area contributed by atoms with E-state index in [1.807, 2.05) is 25.1 Å². The van der Waals surface area contributed by atoms with Gasteiger partial charge in [0.1, 0.15) is 12.4 Å². The van der Waals surface area contributed by atoms with E-state index in [9.17, 15) is 13.2 Å². The van der Waals surface area contributed by atoms with E-state index < -0.39 is 12.7 Å². The van der Waals surface area contributed by atoms with Crippen molar-refractivity contribution in [3.8, 4) is 5.75 Å². The Hall–Kier alpha value is -1.23. The second-order valence-electron chi connectivity index (χ2n) is 4.82. The molecule has 2 nitrogen and oxygen atoms in total. The van der Waals surface area contributed by atoms with Crippen LogP contribution < -0.4 is 10.1 Å². The predicted molar refractivity (Wildman–Crippen MR) is 69.7 cm³/mol. The molecule has 108 valence electrons. The Labute approximate surface area is 112 Å². The van der Waals surface area contributed by atoms with E-state index in [0.717, 1.165) is 16.9 Å². The fourth-order valence-corrected chi connectivity index (χ4v) is 1.59. The Morgan fingerprint density at radius 2 is 1.95 bits per heavy atom. The molecule has 0 amide bonds. The summed E-state index contributed by atoms with van der Waals surface area (Å²) in [5.41, 5.74) is 2.14. The summed E-state index contributed by atoms with van der Waals surface area (Å²) >= 11 is 0. The van der Waals surface area contributed by atoms with Crippen LogP contribution in [0, 0.1) is 6.92 Å². The highest BCUT2D eigenvalue weighted by atomic mass is 19.4. The van der Waals surface area contributed by atoms with E-state index >= 15 is 0 Å². The highest BCUT2D eigenvalue weighted by molar-refractivity contribution is 5.37. The van der Waals surface area contributed by atoms with Crippen molar-refractivity contribution in [3.05, 3.63) is 29.3 Å². The molecule has 0 heterocycles. The van der Waals surface area contributed by atoms with Gasteiger partial charge in [0.25, 0.3) is 0 Å². The molecule has 1 aromatic rings. The lowest BCUT2D eigenvalue weighted by Crippen LogP contribution is -2.31. The molecule has 0 radical (unpaired) electrons. The van der Waals surface area contributed by atoms with Gasteiger partial charge >= 0.3 is 6.18 Å². The van der Waals surface area contributed by atoms with Gasteiger partial charge in [0, 0.05) is 6.54 Å². The van der Waals surface area contributed by atoms with Crippen molar-refractivity contribution in [1.82, 2.24) is 5.32 Å². The van der Waals surface area contributed by atoms with Gasteiger partial charge < -0.3 is 10.1 Å². The molecule has 0 aliphatic carbocycles. The summed E-state index contributed by atoms with van der Waals surface area (Å²) in [6.07, 6.45) is -4.17. The van der Waals surface area contributed by atoms with Crippen molar-refractivity contribution < 1.29 is 17.9 Å². The summed E-state index contributed by atoms with van der Waals surface area (Å²) in [5.74, 6) is 1.13. The summed E-state index contributed by atoms with van der Waals surface area (Å²) in [7, 11) is 0. The van der Waals surface area contributed by atoms with Crippen LogP contribution in [0.25, 0.3) is 0 Å². The zero-order chi connectivity index (χ0) is 14.5. The largest absolute Gasteiger partial charge is 0.492 e. The highest BCUT2D eigenvalue weighted by Gasteiger charge is 2.25. The third-order valence-corrected chi connectivity index (χ3v) is 2.74. The van der Waals surface area contributed by atoms with Crippen molar-refractivity contribution >= 4 is 0 Å². The molecule has 0 aromatic heterocycles. The molecule has 0 atom stereocenters. The topological polar surface area (TPSA) is 21.3 Å². The minimum atomic E-state index is -4.17. The molecule has 0 spiro atoms. The molecular weight excluding hydrogens is 255 g/mol. The molecule has 1 N–H and O–H groups in total. The minimum absolute atomic E-state index is 0.171. The summed E-state index contributed by atoms with van der Waals surface area (Å²) in [4.78, 5) is 0. The van der Waals surface area contributed by atoms with Gasteiger partial charge in [0.2, 0.25) is 0 Å². The maximum absolute atomic E-state index is 11.9. The third kappa shape index (κ3) is 5.96. The Morgan fingerprint density at radius 3 is 2.53 bits per heavy atom. The van der Waals surface area contributed by atoms with Crippen LogP contribution >= 0.6 is 0 Å². The van der Waals surface area contributed by atoms with E-state index in [-0.39, 0.29) is 13.2 Å². The summed E-state index contributed by atoms with van der Waals surface area (Å²) < 4.78 is 41.2. The van der Waals surface area contributed by atoms with E-state index in [1.165, 1.54) is 0 Å². The number of aryl methyl sites for hydroxylation is 1. The zero-order valence-electron chi connectivity index (χ0n) is 11.5. The van der Waals surface area contributed by atoms with Crippen molar-refractivity contribution in [2.45, 2.75) is 32.9 Å². The van der Waals surface area contributed by atoms with Crippen molar-refractivity contribution in [2.24, 2.45) is 0 Å². The molecule has 0 aliphatic heterocycles. The maximum atomic E-state index is 11.9. The van der Waals surface area contributed by atoms with Gasteiger partial charge in [0.05, 0.1) is 6.54 Å². The number of alkyl halides is 3. The summed E-state index contributed by atoms with van der Waals surface area (Å²) in [6, 6.07) is 5.95. The lowest BCUT2D eigenvalue weighted by atomic mass is 10.0. The number of hydrogen-bond acceptors (Lipinski definition) is 2. The lowest BCUT2D eigenvalue weighted by molar-refractivity contribution is -0.124. The Kier molecular flexibility index (Phi) is 5.66. The van der Waals surface area contributed by atoms with Crippen LogP contribution in [0.1, 0.15) is 30.9 Å². The molecule has 0 fully saturated rings. The van der Waals surface area contributed by atoms with E-state index in [2.05, 4.69) is 19.2 Å². The van der Waals surface area contributed by atoms with Gasteiger partial charge in [-0.15, -0.1) is 0 Å². The minimum Gasteiger partial charge on any atom is -0.492 e. The van der Waals surface area contributed by atoms with Gasteiger partial charge in [-0.2, -0.15) is 13.2 Å². The number of nitrogens with one attached hydrogen (secondary N) is 1. The Bertz CT molecular complexity index is 402. The van der Waals surface area contributed by atoms with Crippen LogP contribution in [0.3, 0.4) is 0 Å². The summed E-state index contributed by atoms with van der Waals surface area (Å²) in [5, 5.41) is 2.30. The van der Waals surface area contributed by atoms with Crippen molar-refractivity contribution in [1.29, 1.82) is 0 Å². The molecule has 0 saturated heterocycles. The first-order chi connectivity index (χ1) is 8.79. The zero-order valence-corrected chi connectivity index (χ0v) is 11.5. The summed E-state index contributed by atoms with van der Waals surface area (Å²) in [6.45, 7) is 5.49. The molecular formula is C14H20F3NO. The Balaban J connectivity index is 2.42. The van der Waals surface area contributed by atoms with Crippen molar-refractivity contribution in [3.63, 3.8) is 0 Å². The van der Waals surface area contributed by atoms with Crippen LogP contribution in [0.5, 0.6) is 5.75 Å². The van der Waals surface area contributed by atoms with Gasteiger partial charge in [-0.1, -0.05) is 26.0 Å². The number of halogens is 3. The molecule has 1 aromatic carbocycles. The molecule has 0 unspecified atom stereocenters. The third-order valence-electron chi connectivity index (χ3n) is 2.74. The second kappa shape index (κ2) is 6.80. The standard InChI is InChI=1S/C14H20F3NO/c1-10(2)12-5-4-11(3)13(8-12)19-7-6-18-9-14(15,16)17/h4-5,8,10,18H,6-7,9H2,1-3H3. The lowest BCUT2D eigenvalue weighted by Gasteiger charge is -2.13. The average Bonchev–Trinajstić information content (AvgIpc) is 2.29. The number of rotatable bonds is 6. The smallest absolute Gasteiger partial charge is 0.401 e. The van der Waals surface area contributed by atoms with Crippen LogP contribution in [0.15, 0.2) is 18.2 Å². The van der Waals surface area contributed by atoms with Crippen LogP contribution in [0.2, 0.25) is 0 Å². The molecule has 0 aliphatic rings. The Morgan fingerprint density at radius 1 is 1.26 bits per heavy atom.